The van der Waals surface area contributed by atoms with Crippen LogP contribution in [-0.2, 0) is 4.79 Å². The molecule has 0 radical (unpaired) electrons. The standard InChI is InChI=1S/C19H25N3O2/c1-4-19-10-18(3,11-23)8-7-14(19)13-5-6-16(24)12(2)17(13)15(19)9-21-22-20/h5-6,11,14-15,24H,4,7-10H2,1-3H3/t14-,15-,18-,19+/m0/s1. The molecule has 0 saturated heterocycles. The molecule has 5 heteroatoms. The van der Waals surface area contributed by atoms with Crippen molar-refractivity contribution in [1.29, 1.82) is 0 Å². The van der Waals surface area contributed by atoms with Crippen molar-refractivity contribution in [3.05, 3.63) is 39.3 Å². The monoisotopic (exact) mass is 327 g/mol. The summed E-state index contributed by atoms with van der Waals surface area (Å²) in [6.45, 7) is 6.54. The van der Waals surface area contributed by atoms with Gasteiger partial charge in [-0.05, 0) is 78.1 Å². The zero-order valence-corrected chi connectivity index (χ0v) is 14.6. The molecular weight excluding hydrogens is 302 g/mol. The first-order valence-corrected chi connectivity index (χ1v) is 8.72. The first-order chi connectivity index (χ1) is 11.4. The van der Waals surface area contributed by atoms with Crippen LogP contribution >= 0.6 is 0 Å². The van der Waals surface area contributed by atoms with E-state index in [4.69, 9.17) is 5.53 Å². The second-order valence-electron chi connectivity index (χ2n) is 7.81. The van der Waals surface area contributed by atoms with Crippen LogP contribution in [0.5, 0.6) is 5.75 Å². The highest BCUT2D eigenvalue weighted by Crippen LogP contribution is 2.67. The lowest BCUT2D eigenvalue weighted by atomic mass is 9.54. The van der Waals surface area contributed by atoms with Crippen molar-refractivity contribution in [2.75, 3.05) is 6.54 Å². The van der Waals surface area contributed by atoms with Crippen LogP contribution in [0.15, 0.2) is 17.2 Å². The summed E-state index contributed by atoms with van der Waals surface area (Å²) in [5.41, 5.74) is 11.8. The normalized spacial score (nSPS) is 34.1. The molecule has 4 atom stereocenters. The lowest BCUT2D eigenvalue weighted by Gasteiger charge is -2.49. The number of phenolic OH excluding ortho intramolecular Hbond substituents is 1. The molecule has 2 aliphatic carbocycles. The molecule has 128 valence electrons. The summed E-state index contributed by atoms with van der Waals surface area (Å²) in [7, 11) is 0. The van der Waals surface area contributed by atoms with E-state index in [9.17, 15) is 9.90 Å². The van der Waals surface area contributed by atoms with E-state index in [-0.39, 0.29) is 16.7 Å². The number of hydrogen-bond acceptors (Lipinski definition) is 3. The lowest BCUT2D eigenvalue weighted by molar-refractivity contribution is -0.120. The molecular formula is C19H25N3O2. The van der Waals surface area contributed by atoms with Gasteiger partial charge in [-0.1, -0.05) is 25.0 Å². The van der Waals surface area contributed by atoms with Crippen LogP contribution in [0.2, 0.25) is 0 Å². The molecule has 5 nitrogen and oxygen atoms in total. The van der Waals surface area contributed by atoms with Crippen molar-refractivity contribution < 1.29 is 9.90 Å². The van der Waals surface area contributed by atoms with Gasteiger partial charge < -0.3 is 9.90 Å². The number of hydrogen-bond donors (Lipinski definition) is 1. The van der Waals surface area contributed by atoms with E-state index in [1.165, 1.54) is 5.56 Å². The van der Waals surface area contributed by atoms with Gasteiger partial charge in [0.25, 0.3) is 0 Å². The van der Waals surface area contributed by atoms with Crippen molar-refractivity contribution in [3.8, 4) is 5.75 Å². The zero-order chi connectivity index (χ0) is 17.5. The van der Waals surface area contributed by atoms with Gasteiger partial charge in [-0.25, -0.2) is 0 Å². The summed E-state index contributed by atoms with van der Waals surface area (Å²) in [4.78, 5) is 14.7. The van der Waals surface area contributed by atoms with E-state index in [0.717, 1.165) is 43.1 Å². The van der Waals surface area contributed by atoms with E-state index < -0.39 is 0 Å². The topological polar surface area (TPSA) is 86.1 Å². The summed E-state index contributed by atoms with van der Waals surface area (Å²) in [6, 6.07) is 3.81. The fourth-order valence-electron chi connectivity index (χ4n) is 5.46. The molecule has 0 aliphatic heterocycles. The van der Waals surface area contributed by atoms with Crippen molar-refractivity contribution in [2.24, 2.45) is 15.9 Å². The molecule has 0 unspecified atom stereocenters. The molecule has 24 heavy (non-hydrogen) atoms. The Morgan fingerprint density at radius 3 is 2.88 bits per heavy atom. The summed E-state index contributed by atoms with van der Waals surface area (Å²) >= 11 is 0. The minimum atomic E-state index is -0.320. The number of fused-ring (bicyclic) bond motifs is 3. The van der Waals surface area contributed by atoms with Gasteiger partial charge in [0.1, 0.15) is 12.0 Å². The zero-order valence-electron chi connectivity index (χ0n) is 14.6. The average molecular weight is 327 g/mol. The predicted octanol–water partition coefficient (Wildman–Crippen LogP) is 4.98. The fourth-order valence-corrected chi connectivity index (χ4v) is 5.46. The lowest BCUT2D eigenvalue weighted by Crippen LogP contribution is -2.41. The molecule has 2 aliphatic rings. The molecule has 1 saturated carbocycles. The number of aldehydes is 1. The van der Waals surface area contributed by atoms with E-state index in [0.29, 0.717) is 18.2 Å². The van der Waals surface area contributed by atoms with Gasteiger partial charge >= 0.3 is 0 Å². The first-order valence-electron chi connectivity index (χ1n) is 8.72. The summed E-state index contributed by atoms with van der Waals surface area (Å²) in [5.74, 6) is 0.719. The van der Waals surface area contributed by atoms with Crippen molar-refractivity contribution in [3.63, 3.8) is 0 Å². The molecule has 1 fully saturated rings. The third-order valence-corrected chi connectivity index (χ3v) is 6.64. The van der Waals surface area contributed by atoms with Crippen molar-refractivity contribution in [1.82, 2.24) is 0 Å². The Morgan fingerprint density at radius 1 is 1.50 bits per heavy atom. The average Bonchev–Trinajstić information content (AvgIpc) is 2.86. The highest BCUT2D eigenvalue weighted by molar-refractivity contribution is 5.61. The number of rotatable bonds is 4. The number of carbonyl (C=O) groups excluding carboxylic acids is 1. The molecule has 0 heterocycles. The second-order valence-corrected chi connectivity index (χ2v) is 7.81. The number of benzene rings is 1. The predicted molar refractivity (Wildman–Crippen MR) is 93.1 cm³/mol. The van der Waals surface area contributed by atoms with Gasteiger partial charge in [0, 0.05) is 16.9 Å². The van der Waals surface area contributed by atoms with Crippen LogP contribution < -0.4 is 0 Å². The van der Waals surface area contributed by atoms with Gasteiger partial charge in [0.15, 0.2) is 0 Å². The number of nitrogens with zero attached hydrogens (tertiary/aromatic N) is 3. The van der Waals surface area contributed by atoms with Gasteiger partial charge in [0.2, 0.25) is 0 Å². The van der Waals surface area contributed by atoms with Gasteiger partial charge in [-0.15, -0.1) is 0 Å². The maximum Gasteiger partial charge on any atom is 0.125 e. The van der Waals surface area contributed by atoms with Crippen LogP contribution in [0.1, 0.15) is 68.1 Å². The van der Waals surface area contributed by atoms with E-state index in [1.807, 2.05) is 19.9 Å². The Kier molecular flexibility index (Phi) is 4.08. The molecule has 3 rings (SSSR count). The minimum Gasteiger partial charge on any atom is -0.508 e. The summed E-state index contributed by atoms with van der Waals surface area (Å²) < 4.78 is 0. The third kappa shape index (κ3) is 2.22. The Morgan fingerprint density at radius 2 is 2.25 bits per heavy atom. The smallest absolute Gasteiger partial charge is 0.125 e. The summed E-state index contributed by atoms with van der Waals surface area (Å²) in [6.07, 6.45) is 4.70. The quantitative estimate of drug-likeness (QED) is 0.366. The molecule has 1 N–H and O–H groups in total. The molecule has 0 aromatic heterocycles. The van der Waals surface area contributed by atoms with Crippen molar-refractivity contribution in [2.45, 2.75) is 58.3 Å². The Hall–Kier alpha value is -2.00. The maximum atomic E-state index is 11.7. The van der Waals surface area contributed by atoms with Crippen LogP contribution in [-0.4, -0.2) is 17.9 Å². The fraction of sp³-hybridized carbons (Fsp3) is 0.632. The van der Waals surface area contributed by atoms with Crippen LogP contribution in [0.4, 0.5) is 0 Å². The Labute approximate surface area is 142 Å². The number of carbonyl (C=O) groups is 1. The second kappa shape index (κ2) is 5.82. The number of aromatic hydroxyl groups is 1. The van der Waals surface area contributed by atoms with E-state index >= 15 is 0 Å². The highest BCUT2D eigenvalue weighted by Gasteiger charge is 2.57. The molecule has 1 aromatic rings. The van der Waals surface area contributed by atoms with Crippen LogP contribution in [0.3, 0.4) is 0 Å². The SMILES string of the molecule is CC[C@@]12C[C@@](C)(C=O)CC[C@H]1c1ccc(O)c(C)c1[C@@H]2CN=[N+]=[N-]. The Balaban J connectivity index is 2.20. The molecule has 1 aromatic carbocycles. The summed E-state index contributed by atoms with van der Waals surface area (Å²) in [5, 5.41) is 14.1. The minimum absolute atomic E-state index is 0.0603. The largest absolute Gasteiger partial charge is 0.508 e. The molecule has 0 spiro atoms. The van der Waals surface area contributed by atoms with Gasteiger partial charge in [-0.2, -0.15) is 0 Å². The number of phenols is 1. The van der Waals surface area contributed by atoms with Crippen LogP contribution in [0.25, 0.3) is 10.4 Å². The first kappa shape index (κ1) is 16.8. The molecule has 0 bridgehead atoms. The molecule has 0 amide bonds. The highest BCUT2D eigenvalue weighted by atomic mass is 16.3. The van der Waals surface area contributed by atoms with Gasteiger partial charge in [-0.3, -0.25) is 0 Å². The van der Waals surface area contributed by atoms with Gasteiger partial charge in [0.05, 0.1) is 0 Å². The maximum absolute atomic E-state index is 11.7. The third-order valence-electron chi connectivity index (χ3n) is 6.64. The van der Waals surface area contributed by atoms with Crippen molar-refractivity contribution >= 4 is 6.29 Å². The Bertz CT molecular complexity index is 726. The van der Waals surface area contributed by atoms with E-state index in [1.54, 1.807) is 6.07 Å². The number of azide groups is 1. The van der Waals surface area contributed by atoms with Crippen LogP contribution in [0, 0.1) is 17.8 Å². The van der Waals surface area contributed by atoms with E-state index in [2.05, 4.69) is 16.9 Å².